The second kappa shape index (κ2) is 3.16. The molecule has 0 unspecified atom stereocenters. The Balaban J connectivity index is 0.000000810. The van der Waals surface area contributed by atoms with Crippen molar-refractivity contribution in [2.24, 2.45) is 0 Å². The molecule has 1 aromatic carbocycles. The molecule has 0 atom stereocenters. The lowest BCUT2D eigenvalue weighted by Crippen LogP contribution is -1.62. The third-order valence-electron chi connectivity index (χ3n) is 0.907. The van der Waals surface area contributed by atoms with Crippen LogP contribution in [0.4, 0.5) is 0 Å². The summed E-state index contributed by atoms with van der Waals surface area (Å²) in [6, 6.07) is 9.59. The first-order valence-corrected chi connectivity index (χ1v) is 3.36. The van der Waals surface area contributed by atoms with E-state index >= 15 is 0 Å². The van der Waals surface area contributed by atoms with Gasteiger partial charge in [0.25, 0.3) is 0 Å². The molecule has 0 aliphatic rings. The van der Waals surface area contributed by atoms with E-state index in [0.717, 1.165) is 4.90 Å². The Labute approximate surface area is 59.8 Å². The summed E-state index contributed by atoms with van der Waals surface area (Å²) in [4.78, 5) is 1.00. The molecule has 0 aliphatic heterocycles. The van der Waals surface area contributed by atoms with Crippen molar-refractivity contribution in [1.29, 1.82) is 5.26 Å². The van der Waals surface area contributed by atoms with Crippen LogP contribution in [0.5, 0.6) is 0 Å². The molecule has 1 rings (SSSR count). The standard InChI is InChI=1S/C7H5NS/c8-6-9-7-4-2-1-3-5-7/h1-5H/p+1. The minimum atomic E-state index is 0. The maximum absolute atomic E-state index is 8.23. The van der Waals surface area contributed by atoms with Crippen molar-refractivity contribution < 1.29 is 1.43 Å². The molecule has 0 saturated heterocycles. The van der Waals surface area contributed by atoms with E-state index in [-0.39, 0.29) is 1.43 Å². The predicted octanol–water partition coefficient (Wildman–Crippen LogP) is 2.37. The first kappa shape index (κ1) is 6.18. The molecule has 0 spiro atoms. The van der Waals surface area contributed by atoms with Crippen LogP contribution in [0.3, 0.4) is 0 Å². The Morgan fingerprint density at radius 3 is 2.56 bits per heavy atom. The van der Waals surface area contributed by atoms with E-state index in [1.165, 1.54) is 11.8 Å². The number of thioether (sulfide) groups is 1. The predicted molar refractivity (Wildman–Crippen MR) is 39.0 cm³/mol. The minimum Gasteiger partial charge on any atom is -0.185 e. The first-order chi connectivity index (χ1) is 4.43. The van der Waals surface area contributed by atoms with Gasteiger partial charge in [0, 0.05) is 4.90 Å². The summed E-state index contributed by atoms with van der Waals surface area (Å²) in [5.41, 5.74) is 0. The largest absolute Gasteiger partial charge is 1.00 e. The average molecular weight is 136 g/mol. The normalized spacial score (nSPS) is 8.33. The Morgan fingerprint density at radius 2 is 2.00 bits per heavy atom. The molecule has 0 fully saturated rings. The van der Waals surface area contributed by atoms with Gasteiger partial charge < -0.3 is 0 Å². The molecule has 0 aliphatic carbocycles. The van der Waals surface area contributed by atoms with Gasteiger partial charge in [0.05, 0.1) is 0 Å². The molecule has 1 nitrogen and oxygen atoms in total. The average Bonchev–Trinajstić information content (AvgIpc) is 1.91. The van der Waals surface area contributed by atoms with Gasteiger partial charge in [-0.05, 0) is 23.9 Å². The van der Waals surface area contributed by atoms with Crippen LogP contribution in [0.2, 0.25) is 0 Å². The molecule has 2 heteroatoms. The molecule has 0 amide bonds. The van der Waals surface area contributed by atoms with Gasteiger partial charge in [0.15, 0.2) is 0 Å². The summed E-state index contributed by atoms with van der Waals surface area (Å²) >= 11 is 1.18. The van der Waals surface area contributed by atoms with Crippen LogP contribution in [0.1, 0.15) is 1.43 Å². The zero-order valence-corrected chi connectivity index (χ0v) is 5.56. The third-order valence-corrected chi connectivity index (χ3v) is 1.51. The van der Waals surface area contributed by atoms with Gasteiger partial charge >= 0.3 is 1.43 Å². The van der Waals surface area contributed by atoms with E-state index in [9.17, 15) is 0 Å². The monoisotopic (exact) mass is 136 g/mol. The van der Waals surface area contributed by atoms with Crippen molar-refractivity contribution >= 4 is 11.8 Å². The van der Waals surface area contributed by atoms with Crippen LogP contribution >= 0.6 is 11.8 Å². The smallest absolute Gasteiger partial charge is 0.185 e. The fourth-order valence-corrected chi connectivity index (χ4v) is 0.940. The number of benzene rings is 1. The molecule has 0 heterocycles. The summed E-state index contributed by atoms with van der Waals surface area (Å²) in [5, 5.41) is 10.2. The fraction of sp³-hybridized carbons (Fsp3) is 0. The Morgan fingerprint density at radius 1 is 1.33 bits per heavy atom. The van der Waals surface area contributed by atoms with E-state index < -0.39 is 0 Å². The molecule has 0 bridgehead atoms. The lowest BCUT2D eigenvalue weighted by Gasteiger charge is -1.86. The highest BCUT2D eigenvalue weighted by atomic mass is 32.2. The third kappa shape index (κ3) is 1.79. The topological polar surface area (TPSA) is 23.8 Å². The molecule has 44 valence electrons. The summed E-state index contributed by atoms with van der Waals surface area (Å²) in [6.07, 6.45) is 0. The van der Waals surface area contributed by atoms with Crippen molar-refractivity contribution in [2.75, 3.05) is 0 Å². The van der Waals surface area contributed by atoms with Crippen LogP contribution < -0.4 is 0 Å². The number of hydrogen-bond donors (Lipinski definition) is 0. The van der Waals surface area contributed by atoms with Gasteiger partial charge in [-0.2, -0.15) is 5.26 Å². The van der Waals surface area contributed by atoms with Crippen LogP contribution in [-0.4, -0.2) is 0 Å². The summed E-state index contributed by atoms with van der Waals surface area (Å²) in [6.45, 7) is 0. The van der Waals surface area contributed by atoms with Gasteiger partial charge in [-0.15, -0.1) is 0 Å². The molecule has 0 radical (unpaired) electrons. The van der Waals surface area contributed by atoms with Gasteiger partial charge in [-0.1, -0.05) is 18.2 Å². The quantitative estimate of drug-likeness (QED) is 0.437. The van der Waals surface area contributed by atoms with Gasteiger partial charge in [-0.25, -0.2) is 0 Å². The van der Waals surface area contributed by atoms with Crippen LogP contribution in [-0.2, 0) is 0 Å². The molecular weight excluding hydrogens is 130 g/mol. The van der Waals surface area contributed by atoms with Crippen molar-refractivity contribution in [2.45, 2.75) is 4.90 Å². The van der Waals surface area contributed by atoms with E-state index in [0.29, 0.717) is 0 Å². The van der Waals surface area contributed by atoms with Crippen LogP contribution in [0, 0.1) is 10.7 Å². The zero-order chi connectivity index (χ0) is 6.53. The molecule has 1 aromatic rings. The molecule has 9 heavy (non-hydrogen) atoms. The number of nitriles is 1. The second-order valence-corrected chi connectivity index (χ2v) is 2.36. The SMILES string of the molecule is N#CSc1ccccc1.[H+]. The summed E-state index contributed by atoms with van der Waals surface area (Å²) in [7, 11) is 0. The highest BCUT2D eigenvalue weighted by Crippen LogP contribution is 2.13. The van der Waals surface area contributed by atoms with Crippen molar-refractivity contribution in [3.05, 3.63) is 30.3 Å². The lowest BCUT2D eigenvalue weighted by atomic mass is 10.4. The molecular formula is C7H6NS+. The van der Waals surface area contributed by atoms with E-state index in [4.69, 9.17) is 5.26 Å². The van der Waals surface area contributed by atoms with E-state index in [1.807, 2.05) is 35.7 Å². The second-order valence-electron chi connectivity index (χ2n) is 1.51. The zero-order valence-electron chi connectivity index (χ0n) is 5.74. The Hall–Kier alpha value is -0.940. The van der Waals surface area contributed by atoms with Crippen molar-refractivity contribution in [3.63, 3.8) is 0 Å². The van der Waals surface area contributed by atoms with E-state index in [2.05, 4.69) is 0 Å². The number of thiocyanates is 1. The first-order valence-electron chi connectivity index (χ1n) is 2.54. The lowest BCUT2D eigenvalue weighted by molar-refractivity contribution is 1.47. The van der Waals surface area contributed by atoms with Crippen molar-refractivity contribution in [3.8, 4) is 5.40 Å². The Kier molecular flexibility index (Phi) is 2.17. The Bertz CT molecular complexity index is 217. The fourth-order valence-electron chi connectivity index (χ4n) is 0.541. The molecule has 0 aromatic heterocycles. The van der Waals surface area contributed by atoms with E-state index in [1.54, 1.807) is 0 Å². The molecule has 0 N–H and O–H groups in total. The van der Waals surface area contributed by atoms with Crippen LogP contribution in [0.15, 0.2) is 35.2 Å². The van der Waals surface area contributed by atoms with Gasteiger partial charge in [0.1, 0.15) is 5.40 Å². The highest BCUT2D eigenvalue weighted by molar-refractivity contribution is 8.03. The molecule has 0 saturated carbocycles. The summed E-state index contributed by atoms with van der Waals surface area (Å²) in [5.74, 6) is 0. The minimum absolute atomic E-state index is 0. The summed E-state index contributed by atoms with van der Waals surface area (Å²) < 4.78 is 0. The highest BCUT2D eigenvalue weighted by Gasteiger charge is 1.85. The maximum atomic E-state index is 8.23. The number of nitrogens with zero attached hydrogens (tertiary/aromatic N) is 1. The van der Waals surface area contributed by atoms with Crippen LogP contribution in [0.25, 0.3) is 0 Å². The maximum Gasteiger partial charge on any atom is 1.00 e. The number of rotatable bonds is 1. The van der Waals surface area contributed by atoms with Gasteiger partial charge in [0.2, 0.25) is 0 Å². The number of hydrogen-bond acceptors (Lipinski definition) is 2. The van der Waals surface area contributed by atoms with Crippen molar-refractivity contribution in [1.82, 2.24) is 0 Å². The van der Waals surface area contributed by atoms with Gasteiger partial charge in [-0.3, -0.25) is 0 Å².